The first-order chi connectivity index (χ1) is 13.4. The fourth-order valence-corrected chi connectivity index (χ4v) is 2.51. The van der Waals surface area contributed by atoms with E-state index in [9.17, 15) is 13.2 Å². The van der Waals surface area contributed by atoms with E-state index in [1.54, 1.807) is 6.20 Å². The number of guanidine groups is 1. The highest BCUT2D eigenvalue weighted by Gasteiger charge is 2.30. The van der Waals surface area contributed by atoms with Crippen molar-refractivity contribution >= 4 is 11.6 Å². The zero-order chi connectivity index (χ0) is 20.0. The molecule has 0 saturated carbocycles. The van der Waals surface area contributed by atoms with Crippen LogP contribution < -0.4 is 15.8 Å². The van der Waals surface area contributed by atoms with Gasteiger partial charge in [-0.3, -0.25) is 4.68 Å². The molecule has 28 heavy (non-hydrogen) atoms. The summed E-state index contributed by atoms with van der Waals surface area (Å²) < 4.78 is 42.1. The molecule has 0 fully saturated rings. The Labute approximate surface area is 159 Å². The van der Waals surface area contributed by atoms with Crippen molar-refractivity contribution in [3.63, 3.8) is 0 Å². The van der Waals surface area contributed by atoms with Gasteiger partial charge in [0, 0.05) is 18.1 Å². The average molecular weight is 389 g/mol. The van der Waals surface area contributed by atoms with Gasteiger partial charge in [-0.2, -0.15) is 5.10 Å². The van der Waals surface area contributed by atoms with Crippen LogP contribution in [-0.4, -0.2) is 22.1 Å². The Bertz CT molecular complexity index is 921. The SMILES string of the molecule is NC(=NCc1cccc(Cn2cccn2)c1)Nc1ccc(OC(F)(F)F)cc1. The van der Waals surface area contributed by atoms with Gasteiger partial charge >= 0.3 is 6.36 Å². The van der Waals surface area contributed by atoms with Crippen LogP contribution in [0, 0.1) is 0 Å². The summed E-state index contributed by atoms with van der Waals surface area (Å²) in [5.41, 5.74) is 8.42. The number of halogens is 3. The van der Waals surface area contributed by atoms with Gasteiger partial charge in [-0.15, -0.1) is 13.2 Å². The minimum Gasteiger partial charge on any atom is -0.406 e. The van der Waals surface area contributed by atoms with Crippen LogP contribution in [0.4, 0.5) is 18.9 Å². The van der Waals surface area contributed by atoms with E-state index < -0.39 is 6.36 Å². The summed E-state index contributed by atoms with van der Waals surface area (Å²) in [6, 6.07) is 15.0. The van der Waals surface area contributed by atoms with Crippen molar-refractivity contribution in [2.75, 3.05) is 5.32 Å². The summed E-state index contributed by atoms with van der Waals surface area (Å²) in [6.45, 7) is 1.02. The van der Waals surface area contributed by atoms with Gasteiger partial charge in [-0.05, 0) is 41.5 Å². The van der Waals surface area contributed by atoms with E-state index in [2.05, 4.69) is 20.1 Å². The second-order valence-corrected chi connectivity index (χ2v) is 5.92. The van der Waals surface area contributed by atoms with Crippen molar-refractivity contribution in [2.24, 2.45) is 10.7 Å². The van der Waals surface area contributed by atoms with Crippen molar-refractivity contribution in [3.8, 4) is 5.75 Å². The molecule has 0 radical (unpaired) electrons. The molecule has 0 spiro atoms. The molecule has 0 unspecified atom stereocenters. The highest BCUT2D eigenvalue weighted by Crippen LogP contribution is 2.23. The van der Waals surface area contributed by atoms with Crippen LogP contribution in [0.1, 0.15) is 11.1 Å². The molecule has 0 aliphatic rings. The normalized spacial score (nSPS) is 12.0. The summed E-state index contributed by atoms with van der Waals surface area (Å²) in [5.74, 6) is -0.149. The number of alkyl halides is 3. The van der Waals surface area contributed by atoms with Gasteiger partial charge in [0.1, 0.15) is 5.75 Å². The Hall–Kier alpha value is -3.49. The predicted molar refractivity (Wildman–Crippen MR) is 99.8 cm³/mol. The summed E-state index contributed by atoms with van der Waals surface area (Å²) >= 11 is 0. The molecule has 0 atom stereocenters. The van der Waals surface area contributed by atoms with Crippen LogP contribution in [-0.2, 0) is 13.1 Å². The van der Waals surface area contributed by atoms with Crippen molar-refractivity contribution in [3.05, 3.63) is 78.1 Å². The maximum Gasteiger partial charge on any atom is 0.573 e. The van der Waals surface area contributed by atoms with Gasteiger partial charge in [0.25, 0.3) is 0 Å². The van der Waals surface area contributed by atoms with Crippen molar-refractivity contribution in [1.82, 2.24) is 9.78 Å². The first-order valence-corrected chi connectivity index (χ1v) is 8.35. The third kappa shape index (κ3) is 6.04. The molecule has 1 heterocycles. The van der Waals surface area contributed by atoms with E-state index >= 15 is 0 Å². The zero-order valence-corrected chi connectivity index (χ0v) is 14.7. The molecule has 0 saturated heterocycles. The fraction of sp³-hybridized carbons (Fsp3) is 0.158. The molecular weight excluding hydrogens is 371 g/mol. The molecule has 9 heteroatoms. The minimum absolute atomic E-state index is 0.155. The lowest BCUT2D eigenvalue weighted by Gasteiger charge is -2.10. The molecular formula is C19H18F3N5O. The van der Waals surface area contributed by atoms with Crippen molar-refractivity contribution < 1.29 is 17.9 Å². The van der Waals surface area contributed by atoms with Gasteiger partial charge in [-0.25, -0.2) is 4.99 Å². The van der Waals surface area contributed by atoms with Gasteiger partial charge < -0.3 is 15.8 Å². The molecule has 3 rings (SSSR count). The average Bonchev–Trinajstić information content (AvgIpc) is 3.14. The predicted octanol–water partition coefficient (Wildman–Crippen LogP) is 3.76. The molecule has 6 nitrogen and oxygen atoms in total. The zero-order valence-electron chi connectivity index (χ0n) is 14.7. The van der Waals surface area contributed by atoms with Gasteiger partial charge in [0.2, 0.25) is 0 Å². The van der Waals surface area contributed by atoms with E-state index in [4.69, 9.17) is 5.73 Å². The number of nitrogens with two attached hydrogens (primary N) is 1. The fourth-order valence-electron chi connectivity index (χ4n) is 2.51. The molecule has 146 valence electrons. The second kappa shape index (κ2) is 8.47. The molecule has 0 aliphatic heterocycles. The number of nitrogens with zero attached hydrogens (tertiary/aromatic N) is 3. The minimum atomic E-state index is -4.72. The first-order valence-electron chi connectivity index (χ1n) is 8.35. The Morgan fingerprint density at radius 3 is 2.54 bits per heavy atom. The lowest BCUT2D eigenvalue weighted by molar-refractivity contribution is -0.274. The van der Waals surface area contributed by atoms with Crippen LogP contribution in [0.5, 0.6) is 5.75 Å². The van der Waals surface area contributed by atoms with E-state index in [0.29, 0.717) is 18.8 Å². The number of hydrogen-bond donors (Lipinski definition) is 2. The number of ether oxygens (including phenoxy) is 1. The molecule has 3 aromatic rings. The number of aromatic nitrogens is 2. The summed E-state index contributed by atoms with van der Waals surface area (Å²) in [6.07, 6.45) is -1.11. The number of nitrogens with one attached hydrogen (secondary N) is 1. The number of aliphatic imine (C=N–C) groups is 1. The topological polar surface area (TPSA) is 77.5 Å². The summed E-state index contributed by atoms with van der Waals surface area (Å²) in [4.78, 5) is 4.26. The van der Waals surface area contributed by atoms with E-state index in [-0.39, 0.29) is 11.7 Å². The Morgan fingerprint density at radius 2 is 1.86 bits per heavy atom. The summed E-state index contributed by atoms with van der Waals surface area (Å²) in [5, 5.41) is 7.01. The van der Waals surface area contributed by atoms with Crippen molar-refractivity contribution in [1.29, 1.82) is 0 Å². The largest absolute Gasteiger partial charge is 0.573 e. The van der Waals surface area contributed by atoms with Gasteiger partial charge in [-0.1, -0.05) is 24.3 Å². The molecule has 2 aromatic carbocycles. The molecule has 1 aromatic heterocycles. The summed E-state index contributed by atoms with van der Waals surface area (Å²) in [7, 11) is 0. The van der Waals surface area contributed by atoms with Gasteiger partial charge in [0.05, 0.1) is 13.1 Å². The van der Waals surface area contributed by atoms with Crippen LogP contribution in [0.15, 0.2) is 72.0 Å². The van der Waals surface area contributed by atoms with Crippen molar-refractivity contribution in [2.45, 2.75) is 19.5 Å². The standard InChI is InChI=1S/C19H18F3N5O/c20-19(21,22)28-17-7-5-16(6-8-17)26-18(23)24-12-14-3-1-4-15(11-14)13-27-10-2-9-25-27/h1-11H,12-13H2,(H3,23,24,26). The molecule has 0 amide bonds. The van der Waals surface area contributed by atoms with Gasteiger partial charge in [0.15, 0.2) is 5.96 Å². The van der Waals surface area contributed by atoms with E-state index in [1.165, 1.54) is 24.3 Å². The third-order valence-corrected chi connectivity index (χ3v) is 3.69. The quantitative estimate of drug-likeness (QED) is 0.497. The highest BCUT2D eigenvalue weighted by atomic mass is 19.4. The maximum absolute atomic E-state index is 12.2. The maximum atomic E-state index is 12.2. The highest BCUT2D eigenvalue weighted by molar-refractivity contribution is 5.92. The van der Waals surface area contributed by atoms with Crippen LogP contribution in [0.2, 0.25) is 0 Å². The number of anilines is 1. The lowest BCUT2D eigenvalue weighted by Crippen LogP contribution is -2.22. The van der Waals surface area contributed by atoms with E-state index in [1.807, 2.05) is 41.2 Å². The first kappa shape index (κ1) is 19.3. The Morgan fingerprint density at radius 1 is 1.11 bits per heavy atom. The van der Waals surface area contributed by atoms with Crippen LogP contribution in [0.25, 0.3) is 0 Å². The number of rotatable bonds is 6. The second-order valence-electron chi connectivity index (χ2n) is 5.92. The molecule has 0 aliphatic carbocycles. The lowest BCUT2D eigenvalue weighted by atomic mass is 10.1. The van der Waals surface area contributed by atoms with Crippen LogP contribution >= 0.6 is 0 Å². The number of hydrogen-bond acceptors (Lipinski definition) is 3. The smallest absolute Gasteiger partial charge is 0.406 e. The van der Waals surface area contributed by atoms with Crippen LogP contribution in [0.3, 0.4) is 0 Å². The Balaban J connectivity index is 1.57. The Kier molecular flexibility index (Phi) is 5.83. The molecule has 0 bridgehead atoms. The third-order valence-electron chi connectivity index (χ3n) is 3.69. The van der Waals surface area contributed by atoms with E-state index in [0.717, 1.165) is 11.1 Å². The monoisotopic (exact) mass is 389 g/mol. The molecule has 3 N–H and O–H groups in total. The number of benzene rings is 2.